The van der Waals surface area contributed by atoms with Gasteiger partial charge in [0, 0.05) is 24.6 Å². The molecular formula is C13H16ClN3O4. The zero-order valence-corrected chi connectivity index (χ0v) is 12.7. The number of carbonyl (C=O) groups is 1. The number of halogens is 1. The van der Waals surface area contributed by atoms with Crippen molar-refractivity contribution in [2.24, 2.45) is 5.41 Å². The average molecular weight is 314 g/mol. The number of nitrogens with zero attached hydrogens (tertiary/aromatic N) is 2. The van der Waals surface area contributed by atoms with Crippen molar-refractivity contribution < 1.29 is 14.5 Å². The van der Waals surface area contributed by atoms with Crippen molar-refractivity contribution in [3.63, 3.8) is 0 Å². The predicted octanol–water partition coefficient (Wildman–Crippen LogP) is 2.19. The number of hydrogen-bond acceptors (Lipinski definition) is 5. The van der Waals surface area contributed by atoms with Gasteiger partial charge in [-0.15, -0.1) is 0 Å². The van der Waals surface area contributed by atoms with E-state index >= 15 is 0 Å². The summed E-state index contributed by atoms with van der Waals surface area (Å²) in [6.07, 6.45) is 1.78. The number of pyridine rings is 1. The maximum absolute atomic E-state index is 12.2. The lowest BCUT2D eigenvalue weighted by Crippen LogP contribution is -2.61. The van der Waals surface area contributed by atoms with E-state index in [1.165, 1.54) is 0 Å². The molecule has 1 N–H and O–H groups in total. The van der Waals surface area contributed by atoms with Crippen LogP contribution in [0.1, 0.15) is 30.6 Å². The number of aromatic nitrogens is 1. The molecule has 0 aliphatic heterocycles. The van der Waals surface area contributed by atoms with Gasteiger partial charge in [0.25, 0.3) is 11.6 Å². The Morgan fingerprint density at radius 2 is 2.29 bits per heavy atom. The first-order valence-electron chi connectivity index (χ1n) is 6.41. The molecule has 1 saturated carbocycles. The minimum absolute atomic E-state index is 0.00235. The van der Waals surface area contributed by atoms with Gasteiger partial charge < -0.3 is 10.1 Å². The van der Waals surface area contributed by atoms with E-state index in [0.29, 0.717) is 6.42 Å². The van der Waals surface area contributed by atoms with Gasteiger partial charge >= 0.3 is 0 Å². The van der Waals surface area contributed by atoms with E-state index in [0.717, 1.165) is 12.3 Å². The molecular weight excluding hydrogens is 298 g/mol. The number of carbonyl (C=O) groups excluding carboxylic acids is 1. The number of nitro groups is 1. The second-order valence-electron chi connectivity index (χ2n) is 5.60. The molecule has 2 rings (SSSR count). The van der Waals surface area contributed by atoms with Crippen LogP contribution >= 0.6 is 11.6 Å². The second kappa shape index (κ2) is 5.57. The highest BCUT2D eigenvalue weighted by molar-refractivity contribution is 6.32. The van der Waals surface area contributed by atoms with Crippen LogP contribution in [0, 0.1) is 15.5 Å². The third kappa shape index (κ3) is 2.84. The highest BCUT2D eigenvalue weighted by Crippen LogP contribution is 2.42. The topological polar surface area (TPSA) is 94.4 Å². The molecule has 21 heavy (non-hydrogen) atoms. The number of amides is 1. The van der Waals surface area contributed by atoms with Crippen LogP contribution in [0.4, 0.5) is 5.69 Å². The van der Waals surface area contributed by atoms with Crippen molar-refractivity contribution in [2.45, 2.75) is 32.4 Å². The molecule has 114 valence electrons. The third-order valence-electron chi connectivity index (χ3n) is 4.05. The van der Waals surface area contributed by atoms with Crippen molar-refractivity contribution in [3.8, 4) is 0 Å². The first-order valence-corrected chi connectivity index (χ1v) is 6.78. The summed E-state index contributed by atoms with van der Waals surface area (Å²) >= 11 is 5.85. The number of ether oxygens (including phenoxy) is 1. The van der Waals surface area contributed by atoms with E-state index < -0.39 is 10.8 Å². The van der Waals surface area contributed by atoms with Crippen LogP contribution in [-0.4, -0.2) is 35.1 Å². The Morgan fingerprint density at radius 3 is 2.81 bits per heavy atom. The zero-order valence-electron chi connectivity index (χ0n) is 11.9. The molecule has 1 amide bonds. The summed E-state index contributed by atoms with van der Waals surface area (Å²) in [5, 5.41) is 13.5. The molecule has 0 saturated heterocycles. The summed E-state index contributed by atoms with van der Waals surface area (Å²) in [6, 6.07) is 1.05. The Hall–Kier alpha value is -1.73. The van der Waals surface area contributed by atoms with Crippen molar-refractivity contribution in [2.75, 3.05) is 7.11 Å². The van der Waals surface area contributed by atoms with Crippen LogP contribution in [-0.2, 0) is 4.74 Å². The second-order valence-corrected chi connectivity index (χ2v) is 5.95. The van der Waals surface area contributed by atoms with Gasteiger partial charge in [0.05, 0.1) is 16.6 Å². The van der Waals surface area contributed by atoms with Gasteiger partial charge in [-0.1, -0.05) is 25.4 Å². The molecule has 1 heterocycles. The van der Waals surface area contributed by atoms with Crippen molar-refractivity contribution >= 4 is 23.2 Å². The maximum atomic E-state index is 12.2. The Morgan fingerprint density at radius 1 is 1.62 bits per heavy atom. The SMILES string of the molecule is COC1CC(NC(=O)c2cc([N+](=O)[O-])cnc2Cl)C1(C)C. The van der Waals surface area contributed by atoms with E-state index in [1.54, 1.807) is 7.11 Å². The smallest absolute Gasteiger partial charge is 0.288 e. The highest BCUT2D eigenvalue weighted by atomic mass is 35.5. The summed E-state index contributed by atoms with van der Waals surface area (Å²) in [7, 11) is 1.63. The summed E-state index contributed by atoms with van der Waals surface area (Å²) in [5.74, 6) is -0.469. The van der Waals surface area contributed by atoms with Crippen LogP contribution < -0.4 is 5.32 Å². The van der Waals surface area contributed by atoms with Crippen molar-refractivity contribution in [3.05, 3.63) is 33.1 Å². The Bertz CT molecular complexity index is 591. The number of methoxy groups -OCH3 is 1. The molecule has 0 aromatic carbocycles. The average Bonchev–Trinajstić information content (AvgIpc) is 2.42. The molecule has 8 heteroatoms. The molecule has 0 radical (unpaired) electrons. The van der Waals surface area contributed by atoms with Crippen LogP contribution in [0.5, 0.6) is 0 Å². The molecule has 1 fully saturated rings. The standard InChI is InChI=1S/C13H16ClN3O4/c1-13(2)9(5-10(13)21-3)16-12(18)8-4-7(17(19)20)6-15-11(8)14/h4,6,9-10H,5H2,1-3H3,(H,16,18). The molecule has 1 aliphatic carbocycles. The van der Waals surface area contributed by atoms with E-state index in [2.05, 4.69) is 10.3 Å². The van der Waals surface area contributed by atoms with Crippen LogP contribution in [0.15, 0.2) is 12.3 Å². The molecule has 0 spiro atoms. The lowest BCUT2D eigenvalue weighted by molar-refractivity contribution is -0.385. The summed E-state index contributed by atoms with van der Waals surface area (Å²) in [5.41, 5.74) is -0.472. The normalized spacial score (nSPS) is 23.2. The Balaban J connectivity index is 2.15. The molecule has 2 atom stereocenters. The van der Waals surface area contributed by atoms with Crippen molar-refractivity contribution in [1.29, 1.82) is 0 Å². The molecule has 2 unspecified atom stereocenters. The van der Waals surface area contributed by atoms with E-state index in [9.17, 15) is 14.9 Å². The van der Waals surface area contributed by atoms with Gasteiger partial charge in [0.15, 0.2) is 0 Å². The monoisotopic (exact) mass is 313 g/mol. The summed E-state index contributed by atoms with van der Waals surface area (Å²) < 4.78 is 5.31. The van der Waals surface area contributed by atoms with E-state index in [4.69, 9.17) is 16.3 Å². The lowest BCUT2D eigenvalue weighted by Gasteiger charge is -2.51. The fraction of sp³-hybridized carbons (Fsp3) is 0.538. The zero-order chi connectivity index (χ0) is 15.8. The lowest BCUT2D eigenvalue weighted by atomic mass is 9.64. The molecule has 7 nitrogen and oxygen atoms in total. The summed E-state index contributed by atoms with van der Waals surface area (Å²) in [4.78, 5) is 26.0. The quantitative estimate of drug-likeness (QED) is 0.522. The van der Waals surface area contributed by atoms with Gasteiger partial charge in [0.2, 0.25) is 0 Å². The van der Waals surface area contributed by atoms with Crippen molar-refractivity contribution in [1.82, 2.24) is 10.3 Å². The highest BCUT2D eigenvalue weighted by Gasteiger charge is 2.49. The molecule has 0 bridgehead atoms. The van der Waals surface area contributed by atoms with E-state index in [-0.39, 0.29) is 34.0 Å². The minimum atomic E-state index is -0.617. The van der Waals surface area contributed by atoms with Gasteiger partial charge in [-0.25, -0.2) is 4.98 Å². The van der Waals surface area contributed by atoms with Crippen LogP contribution in [0.3, 0.4) is 0 Å². The molecule has 1 aromatic rings. The fourth-order valence-electron chi connectivity index (χ4n) is 2.46. The fourth-order valence-corrected chi connectivity index (χ4v) is 2.65. The largest absolute Gasteiger partial charge is 0.381 e. The predicted molar refractivity (Wildman–Crippen MR) is 76.4 cm³/mol. The number of rotatable bonds is 4. The first kappa shape index (κ1) is 15.7. The molecule has 1 aromatic heterocycles. The minimum Gasteiger partial charge on any atom is -0.381 e. The van der Waals surface area contributed by atoms with E-state index in [1.807, 2.05) is 13.8 Å². The van der Waals surface area contributed by atoms with Crippen LogP contribution in [0.25, 0.3) is 0 Å². The third-order valence-corrected chi connectivity index (χ3v) is 4.35. The molecule has 1 aliphatic rings. The van der Waals surface area contributed by atoms with Gasteiger partial charge in [-0.2, -0.15) is 0 Å². The van der Waals surface area contributed by atoms with Gasteiger partial charge in [0.1, 0.15) is 11.3 Å². The number of hydrogen-bond donors (Lipinski definition) is 1. The van der Waals surface area contributed by atoms with Crippen LogP contribution in [0.2, 0.25) is 5.15 Å². The van der Waals surface area contributed by atoms with Gasteiger partial charge in [-0.3, -0.25) is 14.9 Å². The summed E-state index contributed by atoms with van der Waals surface area (Å²) in [6.45, 7) is 3.98. The number of nitrogens with one attached hydrogen (secondary N) is 1. The Labute approximate surface area is 126 Å². The van der Waals surface area contributed by atoms with Gasteiger partial charge in [-0.05, 0) is 6.42 Å². The maximum Gasteiger partial charge on any atom is 0.288 e. The first-order chi connectivity index (χ1) is 9.77. The Kier molecular flexibility index (Phi) is 4.15.